The minimum atomic E-state index is -0.724. The van der Waals surface area contributed by atoms with Crippen LogP contribution in [0.15, 0.2) is 22.6 Å². The van der Waals surface area contributed by atoms with E-state index in [2.05, 4.69) is 10.2 Å². The number of aryl methyl sites for hydroxylation is 1. The Labute approximate surface area is 101 Å². The highest BCUT2D eigenvalue weighted by molar-refractivity contribution is 6.17. The summed E-state index contributed by atoms with van der Waals surface area (Å²) in [5.41, 5.74) is 0.0935. The second-order valence-electron chi connectivity index (χ2n) is 3.42. The first-order chi connectivity index (χ1) is 8.20. The second kappa shape index (κ2) is 5.23. The van der Waals surface area contributed by atoms with E-state index < -0.39 is 11.6 Å². The number of halogens is 3. The summed E-state index contributed by atoms with van der Waals surface area (Å²) in [5, 5.41) is 7.47. The molecule has 0 bridgehead atoms. The Morgan fingerprint density at radius 2 is 2.06 bits per heavy atom. The minimum absolute atomic E-state index is 0.0482. The van der Waals surface area contributed by atoms with Gasteiger partial charge in [-0.25, -0.2) is 8.78 Å². The molecule has 0 aliphatic carbocycles. The van der Waals surface area contributed by atoms with E-state index in [1.165, 1.54) is 6.07 Å². The summed E-state index contributed by atoms with van der Waals surface area (Å²) in [4.78, 5) is 0. The van der Waals surface area contributed by atoms with Crippen molar-refractivity contribution in [2.45, 2.75) is 12.8 Å². The number of nitrogens with zero attached hydrogens (tertiary/aromatic N) is 2. The van der Waals surface area contributed by atoms with Gasteiger partial charge >= 0.3 is 0 Å². The van der Waals surface area contributed by atoms with Crippen molar-refractivity contribution < 1.29 is 13.2 Å². The van der Waals surface area contributed by atoms with Gasteiger partial charge < -0.3 is 4.42 Å². The number of benzene rings is 1. The predicted molar refractivity (Wildman–Crippen MR) is 58.7 cm³/mol. The molecule has 0 aliphatic heterocycles. The Hall–Kier alpha value is -1.49. The number of hydrogen-bond donors (Lipinski definition) is 0. The molecule has 0 amide bonds. The van der Waals surface area contributed by atoms with Crippen LogP contribution in [0.25, 0.3) is 11.5 Å². The van der Waals surface area contributed by atoms with Gasteiger partial charge in [-0.3, -0.25) is 0 Å². The van der Waals surface area contributed by atoms with E-state index in [4.69, 9.17) is 16.0 Å². The molecule has 1 heterocycles. The average molecular weight is 259 g/mol. The zero-order valence-electron chi connectivity index (χ0n) is 8.79. The van der Waals surface area contributed by atoms with Crippen molar-refractivity contribution >= 4 is 11.6 Å². The lowest BCUT2D eigenvalue weighted by molar-refractivity contribution is 0.497. The quantitative estimate of drug-likeness (QED) is 0.791. The lowest BCUT2D eigenvalue weighted by Crippen LogP contribution is -1.86. The third kappa shape index (κ3) is 2.79. The zero-order chi connectivity index (χ0) is 12.3. The van der Waals surface area contributed by atoms with E-state index >= 15 is 0 Å². The van der Waals surface area contributed by atoms with Gasteiger partial charge in [-0.1, -0.05) is 0 Å². The summed E-state index contributed by atoms with van der Waals surface area (Å²) < 4.78 is 31.4. The highest BCUT2D eigenvalue weighted by Gasteiger charge is 2.13. The Morgan fingerprint density at radius 3 is 2.76 bits per heavy atom. The van der Waals surface area contributed by atoms with Crippen LogP contribution in [0.2, 0.25) is 0 Å². The highest BCUT2D eigenvalue weighted by atomic mass is 35.5. The SMILES string of the molecule is Fc1ccc(-c2nnc(CCCCl)o2)c(F)c1. The van der Waals surface area contributed by atoms with E-state index in [-0.39, 0.29) is 11.5 Å². The van der Waals surface area contributed by atoms with Crippen LogP contribution in [0.4, 0.5) is 8.78 Å². The molecular weight excluding hydrogens is 250 g/mol. The average Bonchev–Trinajstić information content (AvgIpc) is 2.75. The van der Waals surface area contributed by atoms with Crippen molar-refractivity contribution in [3.63, 3.8) is 0 Å². The van der Waals surface area contributed by atoms with Crippen molar-refractivity contribution in [1.29, 1.82) is 0 Å². The first-order valence-electron chi connectivity index (χ1n) is 5.04. The summed E-state index contributed by atoms with van der Waals surface area (Å²) in [6.07, 6.45) is 1.24. The molecule has 0 unspecified atom stereocenters. The number of aromatic nitrogens is 2. The fraction of sp³-hybridized carbons (Fsp3) is 0.273. The Morgan fingerprint density at radius 1 is 1.24 bits per heavy atom. The molecule has 0 saturated heterocycles. The first kappa shape index (κ1) is 12.0. The van der Waals surface area contributed by atoms with Crippen LogP contribution in [-0.2, 0) is 6.42 Å². The summed E-state index contributed by atoms with van der Waals surface area (Å²) in [6, 6.07) is 3.18. The monoisotopic (exact) mass is 258 g/mol. The Balaban J connectivity index is 2.24. The van der Waals surface area contributed by atoms with Gasteiger partial charge in [-0.2, -0.15) is 0 Å². The molecule has 6 heteroatoms. The van der Waals surface area contributed by atoms with Crippen LogP contribution >= 0.6 is 11.6 Å². The molecule has 1 aromatic heterocycles. The number of alkyl halides is 1. The lowest BCUT2D eigenvalue weighted by atomic mass is 10.2. The molecule has 0 radical (unpaired) electrons. The largest absolute Gasteiger partial charge is 0.421 e. The fourth-order valence-electron chi connectivity index (χ4n) is 1.34. The topological polar surface area (TPSA) is 38.9 Å². The van der Waals surface area contributed by atoms with E-state index in [0.717, 1.165) is 12.1 Å². The predicted octanol–water partition coefficient (Wildman–Crippen LogP) is 3.19. The molecule has 2 aromatic rings. The Bertz CT molecular complexity index is 516. The molecule has 0 aliphatic rings. The Kier molecular flexibility index (Phi) is 3.68. The zero-order valence-corrected chi connectivity index (χ0v) is 9.55. The van der Waals surface area contributed by atoms with Crippen LogP contribution in [0.3, 0.4) is 0 Å². The third-order valence-electron chi connectivity index (χ3n) is 2.15. The molecule has 3 nitrogen and oxygen atoms in total. The van der Waals surface area contributed by atoms with Gasteiger partial charge in [0, 0.05) is 18.4 Å². The molecule has 90 valence electrons. The van der Waals surface area contributed by atoms with Gasteiger partial charge in [0.25, 0.3) is 5.89 Å². The van der Waals surface area contributed by atoms with Crippen LogP contribution in [0.1, 0.15) is 12.3 Å². The van der Waals surface area contributed by atoms with Gasteiger partial charge in [-0.05, 0) is 18.6 Å². The van der Waals surface area contributed by atoms with Crippen molar-refractivity contribution in [3.8, 4) is 11.5 Å². The molecule has 1 aromatic carbocycles. The van der Waals surface area contributed by atoms with E-state index in [9.17, 15) is 8.78 Å². The first-order valence-corrected chi connectivity index (χ1v) is 5.58. The summed E-state index contributed by atoms with van der Waals surface area (Å²) in [6.45, 7) is 0. The van der Waals surface area contributed by atoms with Crippen LogP contribution in [0.5, 0.6) is 0 Å². The van der Waals surface area contributed by atoms with Gasteiger partial charge in [0.2, 0.25) is 5.89 Å². The minimum Gasteiger partial charge on any atom is -0.421 e. The number of hydrogen-bond acceptors (Lipinski definition) is 3. The van der Waals surface area contributed by atoms with Gasteiger partial charge in [0.1, 0.15) is 11.6 Å². The standard InChI is InChI=1S/C11H9ClF2N2O/c12-5-1-2-10-15-16-11(17-10)8-4-3-7(13)6-9(8)14/h3-4,6H,1-2,5H2. The van der Waals surface area contributed by atoms with Crippen LogP contribution < -0.4 is 0 Å². The maximum atomic E-state index is 13.4. The van der Waals surface area contributed by atoms with E-state index in [1.54, 1.807) is 0 Å². The molecular formula is C11H9ClF2N2O. The summed E-state index contributed by atoms with van der Waals surface area (Å²) >= 11 is 5.53. The number of rotatable bonds is 4. The van der Waals surface area contributed by atoms with Crippen molar-refractivity contribution in [2.24, 2.45) is 0 Å². The maximum absolute atomic E-state index is 13.4. The highest BCUT2D eigenvalue weighted by Crippen LogP contribution is 2.22. The molecule has 0 fully saturated rings. The van der Waals surface area contributed by atoms with Crippen LogP contribution in [0, 0.1) is 11.6 Å². The molecule has 2 rings (SSSR count). The summed E-state index contributed by atoms with van der Waals surface area (Å²) in [5.74, 6) is -0.440. The smallest absolute Gasteiger partial charge is 0.250 e. The molecule has 0 atom stereocenters. The molecule has 0 saturated carbocycles. The summed E-state index contributed by atoms with van der Waals surface area (Å²) in [7, 11) is 0. The van der Waals surface area contributed by atoms with Crippen molar-refractivity contribution in [1.82, 2.24) is 10.2 Å². The van der Waals surface area contributed by atoms with Gasteiger partial charge in [0.15, 0.2) is 0 Å². The lowest BCUT2D eigenvalue weighted by Gasteiger charge is -1.97. The van der Waals surface area contributed by atoms with E-state index in [0.29, 0.717) is 24.6 Å². The van der Waals surface area contributed by atoms with Crippen molar-refractivity contribution in [2.75, 3.05) is 5.88 Å². The third-order valence-corrected chi connectivity index (χ3v) is 2.42. The molecule has 0 spiro atoms. The fourth-order valence-corrected chi connectivity index (χ4v) is 1.48. The van der Waals surface area contributed by atoms with Crippen LogP contribution in [-0.4, -0.2) is 16.1 Å². The van der Waals surface area contributed by atoms with Gasteiger partial charge in [-0.15, -0.1) is 21.8 Å². The van der Waals surface area contributed by atoms with Gasteiger partial charge in [0.05, 0.1) is 5.56 Å². The van der Waals surface area contributed by atoms with E-state index in [1.807, 2.05) is 0 Å². The molecule has 17 heavy (non-hydrogen) atoms. The molecule has 0 N–H and O–H groups in total. The van der Waals surface area contributed by atoms with Crippen molar-refractivity contribution in [3.05, 3.63) is 35.7 Å². The maximum Gasteiger partial charge on any atom is 0.250 e. The normalized spacial score (nSPS) is 10.8. The second-order valence-corrected chi connectivity index (χ2v) is 3.80.